The van der Waals surface area contributed by atoms with Gasteiger partial charge in [-0.25, -0.2) is 0 Å². The van der Waals surface area contributed by atoms with Crippen molar-refractivity contribution in [1.29, 1.82) is 0 Å². The molecule has 0 spiro atoms. The summed E-state index contributed by atoms with van der Waals surface area (Å²) in [6.45, 7) is 1.56. The summed E-state index contributed by atoms with van der Waals surface area (Å²) in [5, 5.41) is 0. The number of para-hydroxylation sites is 1. The Bertz CT molecular complexity index is 883. The zero-order chi connectivity index (χ0) is 16.8. The van der Waals surface area contributed by atoms with E-state index in [4.69, 9.17) is 0 Å². The number of rotatable bonds is 3. The number of anilines is 1. The summed E-state index contributed by atoms with van der Waals surface area (Å²) in [6, 6.07) is 15.0. The van der Waals surface area contributed by atoms with E-state index in [2.05, 4.69) is 0 Å². The Kier molecular flexibility index (Phi) is 5.28. The van der Waals surface area contributed by atoms with Gasteiger partial charge in [0.1, 0.15) is 0 Å². The summed E-state index contributed by atoms with van der Waals surface area (Å²) in [5.41, 5.74) is 1.82. The van der Waals surface area contributed by atoms with Gasteiger partial charge in [-0.05, 0) is 18.1 Å². The van der Waals surface area contributed by atoms with Gasteiger partial charge in [0, 0.05) is 12.6 Å². The van der Waals surface area contributed by atoms with E-state index in [1.54, 1.807) is 26.1 Å². The van der Waals surface area contributed by atoms with Gasteiger partial charge in [0.25, 0.3) is 10.1 Å². The van der Waals surface area contributed by atoms with Crippen molar-refractivity contribution in [2.45, 2.75) is 12.3 Å². The van der Waals surface area contributed by atoms with Gasteiger partial charge in [0.05, 0.1) is 16.9 Å². The summed E-state index contributed by atoms with van der Waals surface area (Å²) in [6.07, 6.45) is 0. The average molecular weight is 355 g/mol. The van der Waals surface area contributed by atoms with Gasteiger partial charge in [-0.15, -0.1) is 0 Å². The van der Waals surface area contributed by atoms with Gasteiger partial charge in [-0.2, -0.15) is 8.42 Å². The quantitative estimate of drug-likeness (QED) is 0.673. The average Bonchev–Trinajstić information content (AvgIpc) is 2.68. The first-order chi connectivity index (χ1) is 10.7. The number of amides is 1. The van der Waals surface area contributed by atoms with Crippen LogP contribution >= 0.6 is 0 Å². The number of carbonyl (C=O) groups excluding carboxylic acids is 1. The first-order valence-electron chi connectivity index (χ1n) is 7.16. The monoisotopic (exact) mass is 355 g/mol. The van der Waals surface area contributed by atoms with Crippen LogP contribution in [0.3, 0.4) is 0 Å². The van der Waals surface area contributed by atoms with Crippen LogP contribution in [0, 0.1) is 0 Å². The maximum atomic E-state index is 12.7. The topological polar surface area (TPSA) is 74.7 Å². The SMILES string of the molecule is CN1C(=O)C(C)(CS(=O)(=O)O)c2cccc(-c3ccccc3)c21.[NaH]. The predicted octanol–water partition coefficient (Wildman–Crippen LogP) is 1.83. The van der Waals surface area contributed by atoms with Crippen molar-refractivity contribution < 1.29 is 17.8 Å². The van der Waals surface area contributed by atoms with Crippen LogP contribution in [0.1, 0.15) is 12.5 Å². The third-order valence-electron chi connectivity index (χ3n) is 4.30. The van der Waals surface area contributed by atoms with E-state index in [0.717, 1.165) is 11.1 Å². The fourth-order valence-corrected chi connectivity index (χ4v) is 4.30. The van der Waals surface area contributed by atoms with Crippen molar-refractivity contribution in [3.8, 4) is 11.1 Å². The maximum absolute atomic E-state index is 12.7. The second kappa shape index (κ2) is 6.61. The molecule has 0 fully saturated rings. The summed E-state index contributed by atoms with van der Waals surface area (Å²) in [5.74, 6) is -0.970. The van der Waals surface area contributed by atoms with E-state index < -0.39 is 21.3 Å². The Hall–Kier alpha value is -1.18. The van der Waals surface area contributed by atoms with Gasteiger partial charge >= 0.3 is 29.6 Å². The van der Waals surface area contributed by atoms with Crippen molar-refractivity contribution in [2.24, 2.45) is 0 Å². The minimum atomic E-state index is -4.29. The molecule has 0 aliphatic carbocycles. The van der Waals surface area contributed by atoms with Crippen molar-refractivity contribution in [3.63, 3.8) is 0 Å². The number of fused-ring (bicyclic) bond motifs is 1. The van der Waals surface area contributed by atoms with Gasteiger partial charge in [-0.1, -0.05) is 48.5 Å². The zero-order valence-corrected chi connectivity index (χ0v) is 13.7. The number of benzene rings is 2. The predicted molar refractivity (Wildman–Crippen MR) is 96.2 cm³/mol. The Balaban J connectivity index is 0.00000208. The molecule has 24 heavy (non-hydrogen) atoms. The summed E-state index contributed by atoms with van der Waals surface area (Å²) >= 11 is 0. The normalized spacial score (nSPS) is 19.8. The molecular weight excluding hydrogens is 337 g/mol. The molecule has 0 saturated heterocycles. The van der Waals surface area contributed by atoms with Crippen LogP contribution in [-0.2, 0) is 20.3 Å². The standard InChI is InChI=1S/C17H17NO4S.Na.H/c1-17(11-23(20,21)22)14-10-6-9-13(12-7-4-3-5-8-12)15(14)18(2)16(17)19;;/h3-10H,11H2,1-2H3,(H,20,21,22);;. The summed E-state index contributed by atoms with van der Waals surface area (Å²) in [7, 11) is -2.66. The Labute approximate surface area is 163 Å². The van der Waals surface area contributed by atoms with E-state index in [1.807, 2.05) is 36.4 Å². The van der Waals surface area contributed by atoms with Gasteiger partial charge in [0.2, 0.25) is 5.91 Å². The van der Waals surface area contributed by atoms with E-state index >= 15 is 0 Å². The van der Waals surface area contributed by atoms with Gasteiger partial charge < -0.3 is 4.90 Å². The first-order valence-corrected chi connectivity index (χ1v) is 8.77. The molecular formula is C17H18NNaO4S. The first kappa shape index (κ1) is 19.1. The fourth-order valence-electron chi connectivity index (χ4n) is 3.29. The Morgan fingerprint density at radius 2 is 1.71 bits per heavy atom. The number of carbonyl (C=O) groups is 1. The molecule has 122 valence electrons. The van der Waals surface area contributed by atoms with Crippen LogP contribution in [0.5, 0.6) is 0 Å². The molecule has 1 unspecified atom stereocenters. The van der Waals surface area contributed by atoms with E-state index in [9.17, 15) is 17.8 Å². The Morgan fingerprint density at radius 1 is 1.08 bits per heavy atom. The summed E-state index contributed by atoms with van der Waals surface area (Å²) < 4.78 is 32.0. The number of nitrogens with zero attached hydrogens (tertiary/aromatic N) is 1. The molecule has 3 rings (SSSR count). The zero-order valence-electron chi connectivity index (χ0n) is 12.9. The van der Waals surface area contributed by atoms with Crippen molar-refractivity contribution in [2.75, 3.05) is 17.7 Å². The van der Waals surface area contributed by atoms with Crippen LogP contribution in [0.25, 0.3) is 11.1 Å². The molecule has 2 aromatic carbocycles. The molecule has 0 radical (unpaired) electrons. The molecule has 0 aromatic heterocycles. The van der Waals surface area contributed by atoms with E-state index in [1.165, 1.54) is 4.90 Å². The molecule has 1 aliphatic heterocycles. The van der Waals surface area contributed by atoms with E-state index in [0.29, 0.717) is 11.3 Å². The number of likely N-dealkylation sites (N-methyl/N-ethyl adjacent to an activating group) is 1. The molecule has 1 heterocycles. The van der Waals surface area contributed by atoms with Crippen LogP contribution in [0.2, 0.25) is 0 Å². The summed E-state index contributed by atoms with van der Waals surface area (Å²) in [4.78, 5) is 14.2. The van der Waals surface area contributed by atoms with Crippen LogP contribution in [-0.4, -0.2) is 61.2 Å². The van der Waals surface area contributed by atoms with Crippen LogP contribution in [0.15, 0.2) is 48.5 Å². The molecule has 1 aliphatic rings. The molecule has 5 nitrogen and oxygen atoms in total. The van der Waals surface area contributed by atoms with Crippen molar-refractivity contribution >= 4 is 51.3 Å². The molecule has 7 heteroatoms. The molecule has 0 bridgehead atoms. The number of hydrogen-bond donors (Lipinski definition) is 1. The molecule has 1 N–H and O–H groups in total. The van der Waals surface area contributed by atoms with Crippen LogP contribution < -0.4 is 4.90 Å². The molecule has 0 saturated carbocycles. The van der Waals surface area contributed by atoms with Crippen molar-refractivity contribution in [3.05, 3.63) is 54.1 Å². The van der Waals surface area contributed by atoms with Crippen molar-refractivity contribution in [1.82, 2.24) is 0 Å². The van der Waals surface area contributed by atoms with Gasteiger partial charge in [0.15, 0.2) is 0 Å². The van der Waals surface area contributed by atoms with Gasteiger partial charge in [-0.3, -0.25) is 9.35 Å². The molecule has 2 aromatic rings. The minimum absolute atomic E-state index is 0. The fraction of sp³-hybridized carbons (Fsp3) is 0.235. The third-order valence-corrected chi connectivity index (χ3v) is 5.24. The number of hydrogen-bond acceptors (Lipinski definition) is 3. The Morgan fingerprint density at radius 3 is 2.29 bits per heavy atom. The van der Waals surface area contributed by atoms with E-state index in [-0.39, 0.29) is 35.5 Å². The second-order valence-electron chi connectivity index (χ2n) is 5.99. The molecule has 1 atom stereocenters. The second-order valence-corrected chi connectivity index (χ2v) is 7.44. The molecule has 1 amide bonds. The van der Waals surface area contributed by atoms with Crippen LogP contribution in [0.4, 0.5) is 5.69 Å². The third kappa shape index (κ3) is 3.17.